The van der Waals surface area contributed by atoms with Crippen molar-refractivity contribution in [1.82, 2.24) is 0 Å². The van der Waals surface area contributed by atoms with Crippen LogP contribution in [0, 0.1) is 0 Å². The molecule has 0 bridgehead atoms. The average molecular weight is 334 g/mol. The lowest BCUT2D eigenvalue weighted by molar-refractivity contribution is 0.571. The smallest absolute Gasteiger partial charge is 0.0207 e. The summed E-state index contributed by atoms with van der Waals surface area (Å²) in [5.41, 5.74) is 9.18. The van der Waals surface area contributed by atoms with Crippen LogP contribution in [0.5, 0.6) is 0 Å². The zero-order chi connectivity index (χ0) is 13.2. The van der Waals surface area contributed by atoms with Crippen LogP contribution < -0.4 is 5.73 Å². The van der Waals surface area contributed by atoms with Crippen LogP contribution in [0.25, 0.3) is 0 Å². The van der Waals surface area contributed by atoms with E-state index in [1.165, 1.54) is 16.0 Å². The van der Waals surface area contributed by atoms with Crippen molar-refractivity contribution in [3.8, 4) is 0 Å². The molecule has 2 atom stereocenters. The van der Waals surface area contributed by atoms with Gasteiger partial charge >= 0.3 is 0 Å². The molecule has 2 aromatic carbocycles. The lowest BCUT2D eigenvalue weighted by atomic mass is 9.90. The Morgan fingerprint density at radius 1 is 1.16 bits per heavy atom. The third-order valence-electron chi connectivity index (χ3n) is 3.67. The van der Waals surface area contributed by atoms with Gasteiger partial charge in [-0.3, -0.25) is 0 Å². The molecule has 2 aromatic rings. The molecule has 1 nitrogen and oxygen atoms in total. The van der Waals surface area contributed by atoms with Crippen LogP contribution in [0.1, 0.15) is 17.0 Å². The molecule has 1 aliphatic heterocycles. The highest BCUT2D eigenvalue weighted by Gasteiger charge is 2.28. The molecule has 19 heavy (non-hydrogen) atoms. The molecule has 0 aromatic heterocycles. The molecular weight excluding hydrogens is 318 g/mol. The van der Waals surface area contributed by atoms with Gasteiger partial charge < -0.3 is 5.73 Å². The Bertz CT molecular complexity index is 584. The van der Waals surface area contributed by atoms with Crippen LogP contribution in [0.2, 0.25) is 0 Å². The third-order valence-corrected chi connectivity index (χ3v) is 5.65. The number of thioether (sulfide) groups is 1. The van der Waals surface area contributed by atoms with Crippen molar-refractivity contribution in [2.45, 2.75) is 23.3 Å². The summed E-state index contributed by atoms with van der Waals surface area (Å²) >= 11 is 5.53. The van der Waals surface area contributed by atoms with E-state index in [0.29, 0.717) is 5.92 Å². The molecule has 2 unspecified atom stereocenters. The minimum atomic E-state index is 0.176. The minimum absolute atomic E-state index is 0.176. The number of hydrogen-bond donors (Lipinski definition) is 1. The zero-order valence-electron chi connectivity index (χ0n) is 10.6. The monoisotopic (exact) mass is 333 g/mol. The van der Waals surface area contributed by atoms with Crippen molar-refractivity contribution in [2.75, 3.05) is 5.75 Å². The maximum atomic E-state index is 6.46. The van der Waals surface area contributed by atoms with Gasteiger partial charge in [0.15, 0.2) is 0 Å². The number of benzene rings is 2. The Hall–Kier alpha value is -0.770. The van der Waals surface area contributed by atoms with Crippen LogP contribution in [0.3, 0.4) is 0 Å². The maximum Gasteiger partial charge on any atom is 0.0207 e. The largest absolute Gasteiger partial charge is 0.327 e. The first-order valence-corrected chi connectivity index (χ1v) is 8.24. The predicted octanol–water partition coefficient (Wildman–Crippen LogP) is 4.21. The standard InChI is InChI=1S/C16H16BrNS/c17-14-7-3-1-5-11(14)9-15(18)13-10-19-16-8-4-2-6-12(13)16/h1-8,13,15H,9-10,18H2. The summed E-state index contributed by atoms with van der Waals surface area (Å²) in [5.74, 6) is 1.57. The summed E-state index contributed by atoms with van der Waals surface area (Å²) in [6, 6.07) is 17.2. The summed E-state index contributed by atoms with van der Waals surface area (Å²) in [5, 5.41) is 0. The number of nitrogens with two attached hydrogens (primary N) is 1. The van der Waals surface area contributed by atoms with Gasteiger partial charge in [0.2, 0.25) is 0 Å². The normalized spacial score (nSPS) is 19.2. The van der Waals surface area contributed by atoms with Gasteiger partial charge in [-0.25, -0.2) is 0 Å². The van der Waals surface area contributed by atoms with Gasteiger partial charge in [0.1, 0.15) is 0 Å². The van der Waals surface area contributed by atoms with Crippen LogP contribution in [-0.2, 0) is 6.42 Å². The van der Waals surface area contributed by atoms with Crippen molar-refractivity contribution < 1.29 is 0 Å². The summed E-state index contributed by atoms with van der Waals surface area (Å²) in [6.07, 6.45) is 0.918. The van der Waals surface area contributed by atoms with Crippen molar-refractivity contribution >= 4 is 27.7 Å². The summed E-state index contributed by atoms with van der Waals surface area (Å²) in [4.78, 5) is 1.40. The molecule has 98 valence electrons. The van der Waals surface area contributed by atoms with Gasteiger partial charge in [-0.1, -0.05) is 52.3 Å². The Morgan fingerprint density at radius 3 is 2.74 bits per heavy atom. The van der Waals surface area contributed by atoms with Gasteiger partial charge in [0.25, 0.3) is 0 Å². The number of halogens is 1. The van der Waals surface area contributed by atoms with E-state index in [-0.39, 0.29) is 6.04 Å². The second kappa shape index (κ2) is 5.70. The van der Waals surface area contributed by atoms with Crippen LogP contribution in [0.15, 0.2) is 57.9 Å². The minimum Gasteiger partial charge on any atom is -0.327 e. The topological polar surface area (TPSA) is 26.0 Å². The summed E-state index contributed by atoms with van der Waals surface area (Å²) in [6.45, 7) is 0. The summed E-state index contributed by atoms with van der Waals surface area (Å²) in [7, 11) is 0. The Balaban J connectivity index is 1.79. The second-order valence-electron chi connectivity index (χ2n) is 4.91. The van der Waals surface area contributed by atoms with Crippen molar-refractivity contribution in [2.24, 2.45) is 5.73 Å². The van der Waals surface area contributed by atoms with E-state index in [1.54, 1.807) is 0 Å². The molecule has 1 aliphatic rings. The molecule has 0 fully saturated rings. The first kappa shape index (κ1) is 13.2. The van der Waals surface area contributed by atoms with Crippen molar-refractivity contribution in [3.63, 3.8) is 0 Å². The van der Waals surface area contributed by atoms with E-state index in [9.17, 15) is 0 Å². The van der Waals surface area contributed by atoms with Crippen LogP contribution in [0.4, 0.5) is 0 Å². The predicted molar refractivity (Wildman–Crippen MR) is 85.7 cm³/mol. The van der Waals surface area contributed by atoms with Crippen molar-refractivity contribution in [1.29, 1.82) is 0 Å². The lowest BCUT2D eigenvalue weighted by Crippen LogP contribution is -2.31. The highest BCUT2D eigenvalue weighted by Crippen LogP contribution is 2.41. The fraction of sp³-hybridized carbons (Fsp3) is 0.250. The highest BCUT2D eigenvalue weighted by atomic mass is 79.9. The third kappa shape index (κ3) is 2.73. The number of rotatable bonds is 3. The van der Waals surface area contributed by atoms with E-state index in [0.717, 1.165) is 16.6 Å². The fourth-order valence-corrected chi connectivity index (χ4v) is 4.40. The number of hydrogen-bond acceptors (Lipinski definition) is 2. The molecule has 0 saturated carbocycles. The Morgan fingerprint density at radius 2 is 1.89 bits per heavy atom. The van der Waals surface area contributed by atoms with E-state index >= 15 is 0 Å². The second-order valence-corrected chi connectivity index (χ2v) is 6.83. The van der Waals surface area contributed by atoms with Gasteiger partial charge in [-0.15, -0.1) is 11.8 Å². The van der Waals surface area contributed by atoms with E-state index < -0.39 is 0 Å². The Labute approximate surface area is 126 Å². The molecule has 0 aliphatic carbocycles. The molecule has 0 saturated heterocycles. The van der Waals surface area contributed by atoms with Crippen molar-refractivity contribution in [3.05, 3.63) is 64.1 Å². The zero-order valence-corrected chi connectivity index (χ0v) is 13.0. The van der Waals surface area contributed by atoms with Gasteiger partial charge in [0, 0.05) is 27.1 Å². The molecular formula is C16H16BrNS. The van der Waals surface area contributed by atoms with E-state index in [4.69, 9.17) is 5.73 Å². The Kier molecular flexibility index (Phi) is 3.96. The van der Waals surface area contributed by atoms with Crippen LogP contribution in [-0.4, -0.2) is 11.8 Å². The van der Waals surface area contributed by atoms with Crippen LogP contribution >= 0.6 is 27.7 Å². The molecule has 1 heterocycles. The molecule has 3 rings (SSSR count). The molecule has 3 heteroatoms. The summed E-state index contributed by atoms with van der Waals surface area (Å²) < 4.78 is 1.16. The molecule has 0 amide bonds. The average Bonchev–Trinajstić information content (AvgIpc) is 2.85. The maximum absolute atomic E-state index is 6.46. The van der Waals surface area contributed by atoms with E-state index in [1.807, 2.05) is 17.8 Å². The fourth-order valence-electron chi connectivity index (χ4n) is 2.60. The highest BCUT2D eigenvalue weighted by molar-refractivity contribution is 9.10. The lowest BCUT2D eigenvalue weighted by Gasteiger charge is -2.20. The number of fused-ring (bicyclic) bond motifs is 1. The molecule has 0 radical (unpaired) electrons. The SMILES string of the molecule is NC(Cc1ccccc1Br)C1CSc2ccccc21. The van der Waals surface area contributed by atoms with Gasteiger partial charge in [-0.2, -0.15) is 0 Å². The van der Waals surface area contributed by atoms with Gasteiger partial charge in [0.05, 0.1) is 0 Å². The molecule has 2 N–H and O–H groups in total. The molecule has 0 spiro atoms. The first-order valence-electron chi connectivity index (χ1n) is 6.46. The quantitative estimate of drug-likeness (QED) is 0.910. The first-order chi connectivity index (χ1) is 9.25. The van der Waals surface area contributed by atoms with Gasteiger partial charge in [-0.05, 0) is 29.7 Å². The van der Waals surface area contributed by atoms with E-state index in [2.05, 4.69) is 58.4 Å².